The summed E-state index contributed by atoms with van der Waals surface area (Å²) >= 11 is 0. The molecule has 0 aromatic heterocycles. The maximum Gasteiger partial charge on any atom is 0.309 e. The Kier molecular flexibility index (Phi) is 9.86. The first-order valence-corrected chi connectivity index (χ1v) is 8.92. The first-order valence-electron chi connectivity index (χ1n) is 8.92. The van der Waals surface area contributed by atoms with Crippen molar-refractivity contribution in [3.63, 3.8) is 0 Å². The maximum absolute atomic E-state index is 11.9. The Balaban J connectivity index is 2.36. The number of carbonyl (C=O) groups is 4. The summed E-state index contributed by atoms with van der Waals surface area (Å²) in [6.45, 7) is 0.156. The van der Waals surface area contributed by atoms with Crippen LogP contribution in [0.4, 0.5) is 5.69 Å². The molecule has 1 rings (SSSR count). The molecule has 0 fully saturated rings. The van der Waals surface area contributed by atoms with Crippen molar-refractivity contribution in [3.05, 3.63) is 29.8 Å². The molecule has 29 heavy (non-hydrogen) atoms. The summed E-state index contributed by atoms with van der Waals surface area (Å²) in [5.41, 5.74) is 6.44. The number of anilines is 1. The Labute approximate surface area is 168 Å². The molecule has 1 atom stereocenters. The molecule has 0 heterocycles. The van der Waals surface area contributed by atoms with Crippen molar-refractivity contribution in [1.29, 1.82) is 5.41 Å². The minimum absolute atomic E-state index is 0.0249. The summed E-state index contributed by atoms with van der Waals surface area (Å²) in [6.07, 6.45) is 0.0201. The Morgan fingerprint density at radius 1 is 1.03 bits per heavy atom. The van der Waals surface area contributed by atoms with Gasteiger partial charge in [0.2, 0.25) is 11.8 Å². The molecule has 10 heteroatoms. The summed E-state index contributed by atoms with van der Waals surface area (Å²) in [5.74, 6) is -2.57. The first-order chi connectivity index (χ1) is 13.8. The predicted molar refractivity (Wildman–Crippen MR) is 105 cm³/mol. The highest BCUT2D eigenvalue weighted by Crippen LogP contribution is 2.12. The lowest BCUT2D eigenvalue weighted by Crippen LogP contribution is -2.30. The molecule has 2 amide bonds. The van der Waals surface area contributed by atoms with E-state index in [2.05, 4.69) is 20.1 Å². The fourth-order valence-corrected chi connectivity index (χ4v) is 2.41. The highest BCUT2D eigenvalue weighted by molar-refractivity contribution is 5.96. The Morgan fingerprint density at radius 2 is 1.66 bits per heavy atom. The summed E-state index contributed by atoms with van der Waals surface area (Å²) in [6, 6.07) is 6.44. The van der Waals surface area contributed by atoms with E-state index in [0.717, 1.165) is 0 Å². The van der Waals surface area contributed by atoms with E-state index in [1.165, 1.54) is 14.2 Å². The molecule has 0 saturated carbocycles. The molecule has 1 aromatic rings. The van der Waals surface area contributed by atoms with Gasteiger partial charge in [0.05, 0.1) is 26.6 Å². The highest BCUT2D eigenvalue weighted by atomic mass is 16.5. The lowest BCUT2D eigenvalue weighted by atomic mass is 10.0. The predicted octanol–water partition coefficient (Wildman–Crippen LogP) is 0.548. The van der Waals surface area contributed by atoms with Crippen LogP contribution in [0.1, 0.15) is 31.2 Å². The molecule has 0 saturated heterocycles. The van der Waals surface area contributed by atoms with Gasteiger partial charge in [0.15, 0.2) is 0 Å². The molecule has 0 aliphatic heterocycles. The zero-order valence-electron chi connectivity index (χ0n) is 16.4. The van der Waals surface area contributed by atoms with Gasteiger partial charge in [-0.25, -0.2) is 0 Å². The lowest BCUT2D eigenvalue weighted by Gasteiger charge is -2.13. The number of esters is 2. The molecule has 158 valence electrons. The number of nitrogen functional groups attached to an aromatic ring is 1. The fourth-order valence-electron chi connectivity index (χ4n) is 2.41. The first kappa shape index (κ1) is 23.6. The largest absolute Gasteiger partial charge is 0.469 e. The van der Waals surface area contributed by atoms with Crippen molar-refractivity contribution >= 4 is 35.3 Å². The Bertz CT molecular complexity index is 748. The summed E-state index contributed by atoms with van der Waals surface area (Å²) in [7, 11) is 2.44. The van der Waals surface area contributed by atoms with E-state index in [1.54, 1.807) is 24.3 Å². The minimum atomic E-state index is -0.714. The number of amides is 2. The van der Waals surface area contributed by atoms with Gasteiger partial charge < -0.3 is 25.8 Å². The van der Waals surface area contributed by atoms with Gasteiger partial charge in [-0.1, -0.05) is 0 Å². The number of methoxy groups -OCH3 is 2. The Hall–Kier alpha value is -3.43. The normalized spacial score (nSPS) is 11.1. The second kappa shape index (κ2) is 12.1. The van der Waals surface area contributed by atoms with Crippen molar-refractivity contribution in [2.75, 3.05) is 26.1 Å². The zero-order valence-corrected chi connectivity index (χ0v) is 16.4. The molecular formula is C19H26N4O6. The number of nitrogens with two attached hydrogens (primary N) is 1. The van der Waals surface area contributed by atoms with E-state index in [9.17, 15) is 19.2 Å². The monoisotopic (exact) mass is 406 g/mol. The number of nitrogens with one attached hydrogen (secondary N) is 3. The van der Waals surface area contributed by atoms with Gasteiger partial charge in [-0.2, -0.15) is 0 Å². The lowest BCUT2D eigenvalue weighted by molar-refractivity contribution is -0.152. The molecule has 10 nitrogen and oxygen atoms in total. The van der Waals surface area contributed by atoms with E-state index in [1.807, 2.05) is 0 Å². The van der Waals surface area contributed by atoms with Crippen LogP contribution in [0.3, 0.4) is 0 Å². The smallest absolute Gasteiger partial charge is 0.309 e. The molecule has 0 aliphatic rings. The van der Waals surface area contributed by atoms with Crippen LogP contribution >= 0.6 is 0 Å². The van der Waals surface area contributed by atoms with Gasteiger partial charge in [-0.05, 0) is 30.7 Å². The topological polar surface area (TPSA) is 161 Å². The van der Waals surface area contributed by atoms with E-state index in [4.69, 9.17) is 11.1 Å². The number of ether oxygens (including phenoxy) is 2. The van der Waals surface area contributed by atoms with Crippen LogP contribution < -0.4 is 16.4 Å². The SMILES string of the molecule is COC(=O)CC(CCNC(=O)CCC(=O)Nc1ccc(C(=N)N)cc1)C(=O)OC. The zero-order chi connectivity index (χ0) is 21.8. The van der Waals surface area contributed by atoms with Crippen LogP contribution in [0, 0.1) is 11.3 Å². The second-order valence-corrected chi connectivity index (χ2v) is 6.18. The molecular weight excluding hydrogens is 380 g/mol. The number of rotatable bonds is 11. The van der Waals surface area contributed by atoms with E-state index >= 15 is 0 Å². The fraction of sp³-hybridized carbons (Fsp3) is 0.421. The molecule has 1 aromatic carbocycles. The summed E-state index contributed by atoms with van der Waals surface area (Å²) in [5, 5.41) is 12.6. The van der Waals surface area contributed by atoms with Gasteiger partial charge in [-0.15, -0.1) is 0 Å². The van der Waals surface area contributed by atoms with E-state index in [0.29, 0.717) is 11.3 Å². The van der Waals surface area contributed by atoms with Crippen LogP contribution in [0.15, 0.2) is 24.3 Å². The number of carbonyl (C=O) groups excluding carboxylic acids is 4. The molecule has 0 radical (unpaired) electrons. The third kappa shape index (κ3) is 8.87. The Morgan fingerprint density at radius 3 is 2.21 bits per heavy atom. The second-order valence-electron chi connectivity index (χ2n) is 6.18. The average molecular weight is 406 g/mol. The molecule has 0 aliphatic carbocycles. The standard InChI is InChI=1S/C19H26N4O6/c1-28-17(26)11-13(19(27)29-2)9-10-22-15(24)7-8-16(25)23-14-5-3-12(4-6-14)18(20)21/h3-6,13H,7-11H2,1-2H3,(H3,20,21)(H,22,24)(H,23,25). The maximum atomic E-state index is 11.9. The van der Waals surface area contributed by atoms with Gasteiger partial charge in [0, 0.05) is 30.6 Å². The minimum Gasteiger partial charge on any atom is -0.469 e. The van der Waals surface area contributed by atoms with Crippen molar-refractivity contribution in [2.24, 2.45) is 11.7 Å². The number of hydrogen-bond acceptors (Lipinski definition) is 7. The van der Waals surface area contributed by atoms with E-state index < -0.39 is 17.9 Å². The summed E-state index contributed by atoms with van der Waals surface area (Å²) < 4.78 is 9.18. The van der Waals surface area contributed by atoms with Crippen LogP contribution in [0.25, 0.3) is 0 Å². The molecule has 0 spiro atoms. The number of benzene rings is 1. The third-order valence-electron chi connectivity index (χ3n) is 4.05. The quantitative estimate of drug-likeness (QED) is 0.237. The van der Waals surface area contributed by atoms with Gasteiger partial charge >= 0.3 is 11.9 Å². The van der Waals surface area contributed by atoms with Crippen molar-refractivity contribution in [2.45, 2.75) is 25.7 Å². The molecule has 0 bridgehead atoms. The van der Waals surface area contributed by atoms with Crippen molar-refractivity contribution < 1.29 is 28.7 Å². The van der Waals surface area contributed by atoms with Gasteiger partial charge in [-0.3, -0.25) is 24.6 Å². The van der Waals surface area contributed by atoms with Crippen molar-refractivity contribution in [1.82, 2.24) is 5.32 Å². The average Bonchev–Trinajstić information content (AvgIpc) is 2.71. The molecule has 1 unspecified atom stereocenters. The van der Waals surface area contributed by atoms with Crippen LogP contribution in [-0.4, -0.2) is 50.4 Å². The highest BCUT2D eigenvalue weighted by Gasteiger charge is 2.23. The van der Waals surface area contributed by atoms with Crippen molar-refractivity contribution in [3.8, 4) is 0 Å². The third-order valence-corrected chi connectivity index (χ3v) is 4.05. The van der Waals surface area contributed by atoms with Gasteiger partial charge in [0.1, 0.15) is 5.84 Å². The van der Waals surface area contributed by atoms with Crippen LogP contribution in [0.2, 0.25) is 0 Å². The van der Waals surface area contributed by atoms with Gasteiger partial charge in [0.25, 0.3) is 0 Å². The number of hydrogen-bond donors (Lipinski definition) is 4. The molecule has 5 N–H and O–H groups in total. The number of amidine groups is 1. The van der Waals surface area contributed by atoms with Crippen LogP contribution in [-0.2, 0) is 28.7 Å². The van der Waals surface area contributed by atoms with Crippen LogP contribution in [0.5, 0.6) is 0 Å². The summed E-state index contributed by atoms with van der Waals surface area (Å²) in [4.78, 5) is 46.8. The van der Waals surface area contributed by atoms with E-state index in [-0.39, 0.29) is 49.9 Å².